The van der Waals surface area contributed by atoms with Crippen molar-refractivity contribution in [3.8, 4) is 0 Å². The molecule has 7 atom stereocenters. The average Bonchev–Trinajstić information content (AvgIpc) is 3.88. The fraction of sp³-hybridized carbons (Fsp3) is 0.556. The average molecular weight is 1110 g/mol. The largest absolute Gasteiger partial charge is 0.481 e. The van der Waals surface area contributed by atoms with E-state index in [1.54, 1.807) is 0 Å². The van der Waals surface area contributed by atoms with Crippen molar-refractivity contribution in [3.05, 3.63) is 85.6 Å². The Balaban J connectivity index is 1.27. The number of phosphoric ester groups is 3. The predicted octanol–water partition coefficient (Wildman–Crippen LogP) is 5.92. The molecule has 0 aliphatic carbocycles. The van der Waals surface area contributed by atoms with Crippen LogP contribution in [0.2, 0.25) is 0 Å². The molecule has 3 heterocycles. The molecule has 0 aromatic carbocycles. The molecular formula is C45H70N7O17P3S. The number of anilines is 1. The van der Waals surface area contributed by atoms with Gasteiger partial charge in [-0.3, -0.25) is 32.5 Å². The topological polar surface area (TPSA) is 364 Å². The summed E-state index contributed by atoms with van der Waals surface area (Å²) in [5, 5.41) is 26.6. The van der Waals surface area contributed by atoms with Gasteiger partial charge in [0.1, 0.15) is 36.3 Å². The first-order chi connectivity index (χ1) is 34.6. The lowest BCUT2D eigenvalue weighted by Gasteiger charge is -2.30. The number of aromatic nitrogens is 4. The number of nitrogens with zero attached hydrogens (tertiary/aromatic N) is 4. The molecule has 28 heteroatoms. The number of imidazole rings is 1. The van der Waals surface area contributed by atoms with Gasteiger partial charge in [-0.2, -0.15) is 4.31 Å². The number of allylic oxidation sites excluding steroid dienone is 12. The maximum Gasteiger partial charge on any atom is 0.481 e. The number of nitrogen functional groups attached to an aromatic ring is 1. The van der Waals surface area contributed by atoms with Crippen molar-refractivity contribution in [2.75, 3.05) is 37.8 Å². The first kappa shape index (κ1) is 63.3. The molecule has 0 saturated carbocycles. The number of unbranched alkanes of at least 4 members (excludes halogenated alkanes) is 2. The molecule has 24 nitrogen and oxygen atoms in total. The molecule has 1 fully saturated rings. The molecule has 1 aliphatic heterocycles. The van der Waals surface area contributed by atoms with Crippen molar-refractivity contribution in [1.82, 2.24) is 30.2 Å². The van der Waals surface area contributed by atoms with Gasteiger partial charge in [0, 0.05) is 37.1 Å². The van der Waals surface area contributed by atoms with Crippen LogP contribution in [0.1, 0.15) is 97.6 Å². The van der Waals surface area contributed by atoms with Gasteiger partial charge < -0.3 is 50.9 Å². The van der Waals surface area contributed by atoms with E-state index in [0.717, 1.165) is 86.8 Å². The van der Waals surface area contributed by atoms with Gasteiger partial charge in [-0.05, 0) is 57.8 Å². The number of hydrogen-bond acceptors (Lipinski definition) is 18. The maximum atomic E-state index is 12.8. The lowest BCUT2D eigenvalue weighted by Crippen LogP contribution is -2.46. The normalized spacial score (nSPS) is 20.1. The van der Waals surface area contributed by atoms with E-state index in [1.165, 1.54) is 13.8 Å². The zero-order chi connectivity index (χ0) is 53.9. The van der Waals surface area contributed by atoms with Crippen molar-refractivity contribution in [3.63, 3.8) is 0 Å². The molecule has 2 amide bonds. The highest BCUT2D eigenvalue weighted by Gasteiger charge is 2.50. The number of carbonyl (C=O) groups is 3. The first-order valence-corrected chi connectivity index (χ1v) is 29.0. The summed E-state index contributed by atoms with van der Waals surface area (Å²) in [6.07, 6.45) is 27.6. The van der Waals surface area contributed by atoms with Crippen LogP contribution in [0.15, 0.2) is 85.6 Å². The van der Waals surface area contributed by atoms with Crippen LogP contribution in [0.25, 0.3) is 11.2 Å². The summed E-state index contributed by atoms with van der Waals surface area (Å²) < 4.78 is 62.5. The van der Waals surface area contributed by atoms with Gasteiger partial charge in [0.05, 0.1) is 19.5 Å². The minimum atomic E-state index is -5.58. The minimum Gasteiger partial charge on any atom is -0.386 e. The quantitative estimate of drug-likeness (QED) is 0.0219. The molecule has 3 unspecified atom stereocenters. The van der Waals surface area contributed by atoms with Crippen LogP contribution in [-0.4, -0.2) is 123 Å². The number of rotatable bonds is 35. The van der Waals surface area contributed by atoms with Gasteiger partial charge in [0.25, 0.3) is 0 Å². The second-order valence-electron chi connectivity index (χ2n) is 17.0. The number of aliphatic hydroxyl groups excluding tert-OH is 2. The molecular weight excluding hydrogens is 1040 g/mol. The monoisotopic (exact) mass is 1110 g/mol. The zero-order valence-electron chi connectivity index (χ0n) is 41.1. The Morgan fingerprint density at radius 2 is 1.42 bits per heavy atom. The van der Waals surface area contributed by atoms with E-state index in [1.807, 2.05) is 0 Å². The number of phosphoric acid groups is 3. The maximum absolute atomic E-state index is 12.8. The van der Waals surface area contributed by atoms with E-state index >= 15 is 0 Å². The Labute approximate surface area is 429 Å². The third-order valence-electron chi connectivity index (χ3n) is 10.4. The van der Waals surface area contributed by atoms with Crippen LogP contribution in [0.5, 0.6) is 0 Å². The highest BCUT2D eigenvalue weighted by molar-refractivity contribution is 8.13. The van der Waals surface area contributed by atoms with Crippen LogP contribution < -0.4 is 16.4 Å². The van der Waals surface area contributed by atoms with Gasteiger partial charge in [-0.25, -0.2) is 28.6 Å². The molecule has 1 aliphatic rings. The van der Waals surface area contributed by atoms with Crippen molar-refractivity contribution >= 4 is 69.1 Å². The fourth-order valence-corrected chi connectivity index (χ4v) is 10.1. The van der Waals surface area contributed by atoms with Gasteiger partial charge in [0.2, 0.25) is 11.8 Å². The van der Waals surface area contributed by atoms with Crippen molar-refractivity contribution < 1.29 is 80.5 Å². The highest BCUT2D eigenvalue weighted by Crippen LogP contribution is 2.61. The minimum absolute atomic E-state index is 0.0222. The molecule has 0 radical (unpaired) electrons. The summed E-state index contributed by atoms with van der Waals surface area (Å²) in [6.45, 7) is 2.64. The van der Waals surface area contributed by atoms with E-state index in [0.29, 0.717) is 12.2 Å². The fourth-order valence-electron chi connectivity index (χ4n) is 6.54. The molecule has 408 valence electrons. The SMILES string of the molecule is CCC=CCC=CCC=CCC=CCC=CCC=CCCCCC(=O)SCCNC(=O)CCNC(=O)[C@H](O)C(C)(C)COP(=O)(O)OP(=O)(O)OC[C@H]1O[C@@H](n2cnc3c(N)ncnc32)[C@@H](O)C1OP(=O)(O)O. The molecule has 0 spiro atoms. The molecule has 3 rings (SSSR count). The number of amides is 2. The smallest absolute Gasteiger partial charge is 0.386 e. The van der Waals surface area contributed by atoms with Gasteiger partial charge >= 0.3 is 23.5 Å². The van der Waals surface area contributed by atoms with Crippen LogP contribution >= 0.6 is 35.2 Å². The van der Waals surface area contributed by atoms with Crippen molar-refractivity contribution in [2.24, 2.45) is 5.41 Å². The first-order valence-electron chi connectivity index (χ1n) is 23.5. The summed E-state index contributed by atoms with van der Waals surface area (Å²) in [7, 11) is -16.4. The Morgan fingerprint density at radius 1 is 0.836 bits per heavy atom. The number of aliphatic hydroxyl groups is 2. The number of ether oxygens (including phenoxy) is 1. The summed E-state index contributed by atoms with van der Waals surface area (Å²) in [6, 6.07) is 0. The standard InChI is InChI=1S/C45H70N7O17P3S/c1-4-5-6-7-8-9-10-11-12-13-14-15-16-17-18-19-20-21-22-23-24-25-36(54)73-29-28-47-35(53)26-27-48-43(57)40(56)45(2,3)31-66-72(63,64)69-71(61,62)65-30-34-39(68-70(58,59)60)38(55)44(67-34)52-33-51-37-41(46)49-32-50-42(37)52/h5-6,8-9,11-12,14-15,17-18,20-21,32-34,38-40,44,55-56H,4,7,10,13,16,19,22-31H2,1-3H3,(H,47,53)(H,48,57)(H,61,62)(H,63,64)(H2,46,49,50)(H2,58,59,60)/t34-,38+,39?,40+,44-/m1/s1. The molecule has 2 aromatic heterocycles. The van der Waals surface area contributed by atoms with E-state index in [2.05, 4.69) is 114 Å². The van der Waals surface area contributed by atoms with E-state index < -0.39 is 84.6 Å². The number of nitrogens with one attached hydrogen (secondary N) is 2. The number of thioether (sulfide) groups is 1. The zero-order valence-corrected chi connectivity index (χ0v) is 44.6. The van der Waals surface area contributed by atoms with Crippen LogP contribution in [-0.2, 0) is 50.7 Å². The molecule has 73 heavy (non-hydrogen) atoms. The third-order valence-corrected chi connectivity index (χ3v) is 14.4. The number of fused-ring (bicyclic) bond motifs is 1. The van der Waals surface area contributed by atoms with Crippen molar-refractivity contribution in [2.45, 2.75) is 122 Å². The Morgan fingerprint density at radius 3 is 2.03 bits per heavy atom. The second kappa shape index (κ2) is 32.4. The Kier molecular flexibility index (Phi) is 28.1. The van der Waals surface area contributed by atoms with Crippen LogP contribution in [0.4, 0.5) is 5.82 Å². The molecule has 10 N–H and O–H groups in total. The van der Waals surface area contributed by atoms with Gasteiger partial charge in [0.15, 0.2) is 22.8 Å². The molecule has 1 saturated heterocycles. The Hall–Kier alpha value is -4.00. The lowest BCUT2D eigenvalue weighted by atomic mass is 9.87. The predicted molar refractivity (Wildman–Crippen MR) is 274 cm³/mol. The molecule has 0 bridgehead atoms. The molecule has 2 aromatic rings. The van der Waals surface area contributed by atoms with E-state index in [9.17, 15) is 57.9 Å². The highest BCUT2D eigenvalue weighted by atomic mass is 32.2. The van der Waals surface area contributed by atoms with Gasteiger partial charge in [-0.15, -0.1) is 0 Å². The van der Waals surface area contributed by atoms with Gasteiger partial charge in [-0.1, -0.05) is 105 Å². The second-order valence-corrected chi connectivity index (χ2v) is 22.3. The number of hydrogen-bond donors (Lipinski definition) is 9. The Bertz CT molecular complexity index is 2390. The number of nitrogens with two attached hydrogens (primary N) is 1. The summed E-state index contributed by atoms with van der Waals surface area (Å²) >= 11 is 1.12. The number of carbonyl (C=O) groups excluding carboxylic acids is 3. The van der Waals surface area contributed by atoms with E-state index in [-0.39, 0.29) is 41.6 Å². The third kappa shape index (κ3) is 24.9. The lowest BCUT2D eigenvalue weighted by molar-refractivity contribution is -0.137. The van der Waals surface area contributed by atoms with Crippen molar-refractivity contribution in [1.29, 1.82) is 0 Å². The summed E-state index contributed by atoms with van der Waals surface area (Å²) in [5.41, 5.74) is 4.27. The van der Waals surface area contributed by atoms with Crippen LogP contribution in [0.3, 0.4) is 0 Å². The summed E-state index contributed by atoms with van der Waals surface area (Å²) in [5.74, 6) is -1.08. The summed E-state index contributed by atoms with van der Waals surface area (Å²) in [4.78, 5) is 88.5. The van der Waals surface area contributed by atoms with Crippen LogP contribution in [0, 0.1) is 5.41 Å². The van der Waals surface area contributed by atoms with E-state index in [4.69, 9.17) is 19.5 Å².